The van der Waals surface area contributed by atoms with E-state index in [-0.39, 0.29) is 6.04 Å². The van der Waals surface area contributed by atoms with E-state index in [2.05, 4.69) is 36.1 Å². The summed E-state index contributed by atoms with van der Waals surface area (Å²) in [5.41, 5.74) is 2.68. The van der Waals surface area contributed by atoms with Gasteiger partial charge in [0.25, 0.3) is 0 Å². The number of aliphatic imine (C=N–C) groups is 1. The lowest BCUT2D eigenvalue weighted by molar-refractivity contribution is 0.184. The molecule has 0 heterocycles. The van der Waals surface area contributed by atoms with Gasteiger partial charge in [-0.3, -0.25) is 5.43 Å². The zero-order valence-corrected chi connectivity index (χ0v) is 11.2. The summed E-state index contributed by atoms with van der Waals surface area (Å²) in [7, 11) is 1.67. The Kier molecular flexibility index (Phi) is 7.93. The number of hydrazine groups is 1. The molecule has 1 unspecified atom stereocenters. The normalized spacial score (nSPS) is 14.1. The van der Waals surface area contributed by atoms with Crippen LogP contribution in [0.5, 0.6) is 0 Å². The fraction of sp³-hybridized carbons (Fsp3) is 0.909. The van der Waals surface area contributed by atoms with Crippen molar-refractivity contribution in [3.8, 4) is 0 Å². The van der Waals surface area contributed by atoms with Crippen molar-refractivity contribution in [3.05, 3.63) is 0 Å². The highest BCUT2D eigenvalue weighted by molar-refractivity contribution is 5.79. The molecule has 0 bridgehead atoms. The lowest BCUT2D eigenvalue weighted by Crippen LogP contribution is -2.49. The maximum absolute atomic E-state index is 5.52. The van der Waals surface area contributed by atoms with Gasteiger partial charge < -0.3 is 9.64 Å². The topological polar surface area (TPSA) is 62.9 Å². The maximum atomic E-state index is 5.52. The number of rotatable bonds is 6. The van der Waals surface area contributed by atoms with Gasteiger partial charge in [-0.15, -0.1) is 0 Å². The number of ether oxygens (including phenoxy) is 1. The minimum atomic E-state index is 0.106. The second-order valence-electron chi connectivity index (χ2n) is 4.19. The molecule has 0 amide bonds. The van der Waals surface area contributed by atoms with Crippen LogP contribution in [0.1, 0.15) is 34.1 Å². The minimum absolute atomic E-state index is 0.106. The molecule has 0 aliphatic heterocycles. The standard InChI is InChI=1S/C11H26N4O/c1-6-7-15(9(2)3)11(14-12)13-10(4)8-16-5/h9-10H,6-8,12H2,1-5H3,(H,13,14). The van der Waals surface area contributed by atoms with E-state index in [1.165, 1.54) is 0 Å². The third kappa shape index (κ3) is 5.32. The molecule has 5 heteroatoms. The smallest absolute Gasteiger partial charge is 0.208 e. The number of nitrogens with one attached hydrogen (secondary N) is 1. The number of hydrogen-bond donors (Lipinski definition) is 2. The van der Waals surface area contributed by atoms with Gasteiger partial charge in [-0.1, -0.05) is 6.92 Å². The molecule has 0 aromatic carbocycles. The van der Waals surface area contributed by atoms with Gasteiger partial charge in [-0.2, -0.15) is 0 Å². The molecule has 0 aliphatic rings. The molecule has 0 saturated heterocycles. The van der Waals surface area contributed by atoms with Gasteiger partial charge in [-0.05, 0) is 27.2 Å². The third-order valence-electron chi connectivity index (χ3n) is 2.24. The number of methoxy groups -OCH3 is 1. The van der Waals surface area contributed by atoms with Crippen LogP contribution in [0.15, 0.2) is 4.99 Å². The Morgan fingerprint density at radius 1 is 1.44 bits per heavy atom. The van der Waals surface area contributed by atoms with Crippen molar-refractivity contribution in [2.24, 2.45) is 10.8 Å². The van der Waals surface area contributed by atoms with Crippen LogP contribution in [0, 0.1) is 0 Å². The van der Waals surface area contributed by atoms with Gasteiger partial charge in [0.05, 0.1) is 12.6 Å². The van der Waals surface area contributed by atoms with Gasteiger partial charge in [-0.25, -0.2) is 10.8 Å². The minimum Gasteiger partial charge on any atom is -0.382 e. The van der Waals surface area contributed by atoms with E-state index in [0.29, 0.717) is 12.6 Å². The van der Waals surface area contributed by atoms with Crippen molar-refractivity contribution >= 4 is 5.96 Å². The molecule has 0 fully saturated rings. The molecule has 1 atom stereocenters. The van der Waals surface area contributed by atoms with Crippen molar-refractivity contribution < 1.29 is 4.74 Å². The molecule has 0 saturated carbocycles. The van der Waals surface area contributed by atoms with Gasteiger partial charge in [0.15, 0.2) is 0 Å². The summed E-state index contributed by atoms with van der Waals surface area (Å²) in [6.45, 7) is 9.95. The van der Waals surface area contributed by atoms with Crippen molar-refractivity contribution in [1.29, 1.82) is 0 Å². The molecule has 96 valence electrons. The average molecular weight is 230 g/mol. The SMILES string of the molecule is CCCN(C(=NC(C)COC)NN)C(C)C. The maximum Gasteiger partial charge on any atom is 0.208 e. The summed E-state index contributed by atoms with van der Waals surface area (Å²) in [4.78, 5) is 6.67. The fourth-order valence-corrected chi connectivity index (χ4v) is 1.53. The summed E-state index contributed by atoms with van der Waals surface area (Å²) < 4.78 is 5.05. The highest BCUT2D eigenvalue weighted by Gasteiger charge is 2.14. The van der Waals surface area contributed by atoms with Crippen LogP contribution >= 0.6 is 0 Å². The van der Waals surface area contributed by atoms with E-state index in [0.717, 1.165) is 18.9 Å². The van der Waals surface area contributed by atoms with Crippen molar-refractivity contribution in [3.63, 3.8) is 0 Å². The molecule has 0 spiro atoms. The molecule has 16 heavy (non-hydrogen) atoms. The van der Waals surface area contributed by atoms with Crippen LogP contribution < -0.4 is 11.3 Å². The van der Waals surface area contributed by atoms with Gasteiger partial charge in [0.1, 0.15) is 0 Å². The van der Waals surface area contributed by atoms with E-state index >= 15 is 0 Å². The fourth-order valence-electron chi connectivity index (χ4n) is 1.53. The second-order valence-corrected chi connectivity index (χ2v) is 4.19. The molecule has 0 aromatic heterocycles. The molecule has 0 radical (unpaired) electrons. The monoisotopic (exact) mass is 230 g/mol. The molecule has 5 nitrogen and oxygen atoms in total. The zero-order chi connectivity index (χ0) is 12.6. The number of nitrogens with two attached hydrogens (primary N) is 1. The Labute approximate surface area is 99.0 Å². The number of guanidine groups is 1. The third-order valence-corrected chi connectivity index (χ3v) is 2.24. The number of nitrogens with zero attached hydrogens (tertiary/aromatic N) is 2. The lowest BCUT2D eigenvalue weighted by atomic mass is 10.3. The van der Waals surface area contributed by atoms with Gasteiger partial charge >= 0.3 is 0 Å². The predicted molar refractivity (Wildman–Crippen MR) is 68.2 cm³/mol. The van der Waals surface area contributed by atoms with E-state index < -0.39 is 0 Å². The highest BCUT2D eigenvalue weighted by Crippen LogP contribution is 2.02. The Hall–Kier alpha value is -0.810. The molecular formula is C11H26N4O. The molecule has 0 rings (SSSR count). The molecule has 0 aliphatic carbocycles. The van der Waals surface area contributed by atoms with Crippen LogP contribution in [0.25, 0.3) is 0 Å². The largest absolute Gasteiger partial charge is 0.382 e. The van der Waals surface area contributed by atoms with E-state index in [1.807, 2.05) is 6.92 Å². The lowest BCUT2D eigenvalue weighted by Gasteiger charge is -2.29. The van der Waals surface area contributed by atoms with Crippen LogP contribution in [-0.4, -0.2) is 43.2 Å². The number of hydrogen-bond acceptors (Lipinski definition) is 3. The first-order valence-electron chi connectivity index (χ1n) is 5.86. The Morgan fingerprint density at radius 3 is 2.44 bits per heavy atom. The summed E-state index contributed by atoms with van der Waals surface area (Å²) in [6, 6.07) is 0.485. The highest BCUT2D eigenvalue weighted by atomic mass is 16.5. The quantitative estimate of drug-likeness (QED) is 0.309. The van der Waals surface area contributed by atoms with Crippen molar-refractivity contribution in [1.82, 2.24) is 10.3 Å². The first kappa shape index (κ1) is 15.2. The van der Waals surface area contributed by atoms with Crippen molar-refractivity contribution in [2.75, 3.05) is 20.3 Å². The molecular weight excluding hydrogens is 204 g/mol. The Morgan fingerprint density at radius 2 is 2.06 bits per heavy atom. The van der Waals surface area contributed by atoms with Crippen molar-refractivity contribution in [2.45, 2.75) is 46.2 Å². The van der Waals surface area contributed by atoms with Crippen LogP contribution in [0.4, 0.5) is 0 Å². The van der Waals surface area contributed by atoms with E-state index in [1.54, 1.807) is 7.11 Å². The first-order chi connectivity index (χ1) is 7.56. The molecule has 3 N–H and O–H groups in total. The Balaban J connectivity index is 4.63. The summed E-state index contributed by atoms with van der Waals surface area (Å²) in [5.74, 6) is 6.26. The zero-order valence-electron chi connectivity index (χ0n) is 11.2. The van der Waals surface area contributed by atoms with E-state index in [4.69, 9.17) is 10.6 Å². The van der Waals surface area contributed by atoms with Crippen LogP contribution in [0.3, 0.4) is 0 Å². The van der Waals surface area contributed by atoms with Crippen LogP contribution in [-0.2, 0) is 4.74 Å². The van der Waals surface area contributed by atoms with Gasteiger partial charge in [0.2, 0.25) is 5.96 Å². The van der Waals surface area contributed by atoms with E-state index in [9.17, 15) is 0 Å². The predicted octanol–water partition coefficient (Wildman–Crippen LogP) is 0.961. The average Bonchev–Trinajstić information content (AvgIpc) is 2.23. The van der Waals surface area contributed by atoms with Crippen LogP contribution in [0.2, 0.25) is 0 Å². The van der Waals surface area contributed by atoms with Gasteiger partial charge in [0, 0.05) is 19.7 Å². The second kappa shape index (κ2) is 8.35. The summed E-state index contributed by atoms with van der Waals surface area (Å²) in [5, 5.41) is 0. The summed E-state index contributed by atoms with van der Waals surface area (Å²) >= 11 is 0. The molecule has 0 aromatic rings. The first-order valence-corrected chi connectivity index (χ1v) is 5.86. The summed E-state index contributed by atoms with van der Waals surface area (Å²) in [6.07, 6.45) is 1.07. The Bertz CT molecular complexity index is 206.